The quantitative estimate of drug-likeness (QED) is 0.886. The molecule has 0 spiro atoms. The summed E-state index contributed by atoms with van der Waals surface area (Å²) in [5.41, 5.74) is 6.77. The first-order chi connectivity index (χ1) is 8.56. The van der Waals surface area contributed by atoms with Gasteiger partial charge >= 0.3 is 0 Å². The first kappa shape index (κ1) is 13.3. The molecule has 0 amide bonds. The molecule has 0 saturated heterocycles. The summed E-state index contributed by atoms with van der Waals surface area (Å²) in [4.78, 5) is 0. The molecule has 1 aromatic rings. The molecule has 18 heavy (non-hydrogen) atoms. The molecule has 0 radical (unpaired) electrons. The van der Waals surface area contributed by atoms with Crippen LogP contribution in [0.5, 0.6) is 5.75 Å². The van der Waals surface area contributed by atoms with E-state index in [2.05, 4.69) is 6.92 Å². The largest absolute Gasteiger partial charge is 0.490 e. The molecule has 0 aliphatic heterocycles. The van der Waals surface area contributed by atoms with E-state index in [9.17, 15) is 4.39 Å². The Balaban J connectivity index is 2.10. The van der Waals surface area contributed by atoms with E-state index in [1.54, 1.807) is 6.07 Å². The molecule has 1 aliphatic rings. The topological polar surface area (TPSA) is 35.2 Å². The smallest absolute Gasteiger partial charge is 0.127 e. The second-order valence-corrected chi connectivity index (χ2v) is 5.47. The minimum atomic E-state index is -0.265. The number of hydrogen-bond donors (Lipinski definition) is 1. The fourth-order valence-electron chi connectivity index (χ4n) is 2.51. The van der Waals surface area contributed by atoms with Gasteiger partial charge in [-0.15, -0.1) is 0 Å². The highest BCUT2D eigenvalue weighted by molar-refractivity contribution is 5.36. The molecule has 0 unspecified atom stereocenters. The number of hydrogen-bond acceptors (Lipinski definition) is 2. The maximum atomic E-state index is 13.3. The minimum absolute atomic E-state index is 0.136. The van der Waals surface area contributed by atoms with Crippen molar-refractivity contribution in [1.82, 2.24) is 0 Å². The molecule has 1 aromatic carbocycles. The predicted octanol–water partition coefficient (Wildman–Crippen LogP) is 3.80. The minimum Gasteiger partial charge on any atom is -0.490 e. The molecule has 1 fully saturated rings. The molecule has 100 valence electrons. The summed E-state index contributed by atoms with van der Waals surface area (Å²) in [5.74, 6) is 1.13. The van der Waals surface area contributed by atoms with Crippen LogP contribution in [0, 0.1) is 11.7 Å². The molecule has 1 atom stereocenters. The van der Waals surface area contributed by atoms with E-state index in [0.717, 1.165) is 24.3 Å². The third-order valence-electron chi connectivity index (χ3n) is 3.72. The number of ether oxygens (including phenoxy) is 1. The molecular weight excluding hydrogens is 229 g/mol. The first-order valence-corrected chi connectivity index (χ1v) is 6.78. The molecule has 1 aliphatic carbocycles. The van der Waals surface area contributed by atoms with Gasteiger partial charge in [0.25, 0.3) is 0 Å². The standard InChI is InChI=1S/C15H22FNO/c1-10-3-6-13(7-4-10)18-15-9-12(16)5-8-14(15)11(2)17/h5,8-11,13H,3-4,6-7,17H2,1-2H3/t10?,11-,13?/m1/s1. The van der Waals surface area contributed by atoms with Crippen molar-refractivity contribution in [2.45, 2.75) is 51.7 Å². The fourth-order valence-corrected chi connectivity index (χ4v) is 2.51. The van der Waals surface area contributed by atoms with Crippen LogP contribution in [0.15, 0.2) is 18.2 Å². The Morgan fingerprint density at radius 3 is 2.56 bits per heavy atom. The highest BCUT2D eigenvalue weighted by Crippen LogP contribution is 2.31. The van der Waals surface area contributed by atoms with E-state index in [-0.39, 0.29) is 18.0 Å². The van der Waals surface area contributed by atoms with E-state index in [1.807, 2.05) is 6.92 Å². The van der Waals surface area contributed by atoms with Gasteiger partial charge in [0.1, 0.15) is 11.6 Å². The third-order valence-corrected chi connectivity index (χ3v) is 3.72. The number of nitrogens with two attached hydrogens (primary N) is 1. The third kappa shape index (κ3) is 3.22. The van der Waals surface area contributed by atoms with Crippen molar-refractivity contribution in [1.29, 1.82) is 0 Å². The molecule has 2 N–H and O–H groups in total. The van der Waals surface area contributed by atoms with Gasteiger partial charge in [-0.1, -0.05) is 13.0 Å². The Bertz CT molecular complexity index is 397. The summed E-state index contributed by atoms with van der Waals surface area (Å²) in [6, 6.07) is 4.48. The molecule has 3 heteroatoms. The summed E-state index contributed by atoms with van der Waals surface area (Å²) < 4.78 is 19.3. The highest BCUT2D eigenvalue weighted by atomic mass is 19.1. The monoisotopic (exact) mass is 251 g/mol. The van der Waals surface area contributed by atoms with Crippen molar-refractivity contribution < 1.29 is 9.13 Å². The van der Waals surface area contributed by atoms with Gasteiger partial charge in [-0.25, -0.2) is 4.39 Å². The van der Waals surface area contributed by atoms with Crippen LogP contribution in [0.1, 0.15) is 51.1 Å². The van der Waals surface area contributed by atoms with Crippen molar-refractivity contribution in [3.8, 4) is 5.75 Å². The van der Waals surface area contributed by atoms with E-state index >= 15 is 0 Å². The molecule has 0 aromatic heterocycles. The predicted molar refractivity (Wildman–Crippen MR) is 71.1 cm³/mol. The molecular formula is C15H22FNO. The van der Waals surface area contributed by atoms with Gasteiger partial charge in [0, 0.05) is 17.7 Å². The Morgan fingerprint density at radius 1 is 1.28 bits per heavy atom. The van der Waals surface area contributed by atoms with Crippen LogP contribution in [0.25, 0.3) is 0 Å². The van der Waals surface area contributed by atoms with Crippen molar-refractivity contribution in [3.63, 3.8) is 0 Å². The lowest BCUT2D eigenvalue weighted by Crippen LogP contribution is -2.24. The van der Waals surface area contributed by atoms with Crippen LogP contribution in [0.4, 0.5) is 4.39 Å². The average Bonchev–Trinajstić information content (AvgIpc) is 2.32. The van der Waals surface area contributed by atoms with E-state index in [4.69, 9.17) is 10.5 Å². The number of benzene rings is 1. The van der Waals surface area contributed by atoms with Crippen LogP contribution >= 0.6 is 0 Å². The normalized spacial score (nSPS) is 25.8. The molecule has 1 saturated carbocycles. The highest BCUT2D eigenvalue weighted by Gasteiger charge is 2.21. The summed E-state index contributed by atoms with van der Waals surface area (Å²) in [6.07, 6.45) is 4.69. The zero-order chi connectivity index (χ0) is 13.1. The van der Waals surface area contributed by atoms with Crippen LogP contribution in [0.2, 0.25) is 0 Å². The zero-order valence-corrected chi connectivity index (χ0v) is 11.2. The Kier molecular flexibility index (Phi) is 4.23. The second kappa shape index (κ2) is 5.70. The maximum absolute atomic E-state index is 13.3. The van der Waals surface area contributed by atoms with E-state index in [1.165, 1.54) is 25.0 Å². The summed E-state index contributed by atoms with van der Waals surface area (Å²) >= 11 is 0. The second-order valence-electron chi connectivity index (χ2n) is 5.47. The molecule has 0 heterocycles. The molecule has 2 nitrogen and oxygen atoms in total. The summed E-state index contributed by atoms with van der Waals surface area (Å²) in [6.45, 7) is 4.16. The van der Waals surface area contributed by atoms with Crippen molar-refractivity contribution in [2.75, 3.05) is 0 Å². The number of halogens is 1. The lowest BCUT2D eigenvalue weighted by Gasteiger charge is -2.28. The van der Waals surface area contributed by atoms with Gasteiger partial charge in [0.05, 0.1) is 6.10 Å². The van der Waals surface area contributed by atoms with Crippen molar-refractivity contribution in [2.24, 2.45) is 11.7 Å². The van der Waals surface area contributed by atoms with E-state index < -0.39 is 0 Å². The van der Waals surface area contributed by atoms with Gasteiger partial charge in [-0.3, -0.25) is 0 Å². The van der Waals surface area contributed by atoms with Crippen molar-refractivity contribution >= 4 is 0 Å². The number of rotatable bonds is 3. The van der Waals surface area contributed by atoms with Crippen LogP contribution in [-0.2, 0) is 0 Å². The average molecular weight is 251 g/mol. The van der Waals surface area contributed by atoms with Gasteiger partial charge in [-0.2, -0.15) is 0 Å². The summed E-state index contributed by atoms with van der Waals surface area (Å²) in [5, 5.41) is 0. The van der Waals surface area contributed by atoms with Gasteiger partial charge in [0.15, 0.2) is 0 Å². The van der Waals surface area contributed by atoms with Gasteiger partial charge in [-0.05, 0) is 44.6 Å². The Morgan fingerprint density at radius 2 is 1.94 bits per heavy atom. The van der Waals surface area contributed by atoms with E-state index in [0.29, 0.717) is 5.75 Å². The lowest BCUT2D eigenvalue weighted by molar-refractivity contribution is 0.133. The SMILES string of the molecule is CC1CCC(Oc2cc(F)ccc2[C@@H](C)N)CC1. The van der Waals surface area contributed by atoms with Crippen LogP contribution in [-0.4, -0.2) is 6.10 Å². The van der Waals surface area contributed by atoms with Gasteiger partial charge < -0.3 is 10.5 Å². The fraction of sp³-hybridized carbons (Fsp3) is 0.600. The molecule has 0 bridgehead atoms. The first-order valence-electron chi connectivity index (χ1n) is 6.78. The molecule has 2 rings (SSSR count). The van der Waals surface area contributed by atoms with Crippen molar-refractivity contribution in [3.05, 3.63) is 29.6 Å². The van der Waals surface area contributed by atoms with Crippen LogP contribution in [0.3, 0.4) is 0 Å². The van der Waals surface area contributed by atoms with Gasteiger partial charge in [0.2, 0.25) is 0 Å². The zero-order valence-electron chi connectivity index (χ0n) is 11.2. The lowest BCUT2D eigenvalue weighted by atomic mass is 9.89. The Labute approximate surface area is 108 Å². The van der Waals surface area contributed by atoms with Crippen LogP contribution < -0.4 is 10.5 Å². The maximum Gasteiger partial charge on any atom is 0.127 e. The Hall–Kier alpha value is -1.09. The summed E-state index contributed by atoms with van der Waals surface area (Å²) in [7, 11) is 0.